The summed E-state index contributed by atoms with van der Waals surface area (Å²) in [6.07, 6.45) is 0.182. The van der Waals surface area contributed by atoms with Crippen LogP contribution in [0, 0.1) is 0 Å². The fourth-order valence-corrected chi connectivity index (χ4v) is 2.25. The normalized spacial score (nSPS) is 22.6. The zero-order valence-corrected chi connectivity index (χ0v) is 10.1. The lowest BCUT2D eigenvalue weighted by atomic mass is 9.91. The molecule has 2 atom stereocenters. The molecule has 1 aliphatic heterocycles. The first-order chi connectivity index (χ1) is 8.63. The van der Waals surface area contributed by atoms with Crippen LogP contribution < -0.4 is 10.1 Å². The molecule has 0 bridgehead atoms. The molecule has 2 unspecified atom stereocenters. The van der Waals surface area contributed by atoms with Gasteiger partial charge in [0.2, 0.25) is 5.91 Å². The third-order valence-corrected chi connectivity index (χ3v) is 3.01. The van der Waals surface area contributed by atoms with Gasteiger partial charge in [-0.25, -0.2) is 4.79 Å². The van der Waals surface area contributed by atoms with Gasteiger partial charge < -0.3 is 15.2 Å². The van der Waals surface area contributed by atoms with Gasteiger partial charge in [0.25, 0.3) is 0 Å². The summed E-state index contributed by atoms with van der Waals surface area (Å²) in [5, 5.41) is 11.6. The Morgan fingerprint density at radius 1 is 1.50 bits per heavy atom. The van der Waals surface area contributed by atoms with Crippen molar-refractivity contribution in [3.63, 3.8) is 0 Å². The third kappa shape index (κ3) is 2.30. The molecule has 0 spiro atoms. The van der Waals surface area contributed by atoms with Gasteiger partial charge in [-0.15, -0.1) is 0 Å². The molecular weight excluding hydrogens is 234 g/mol. The molecule has 2 rings (SSSR count). The maximum atomic E-state index is 11.4. The SMILES string of the molecule is CCOc1ccccc1C1CC(=O)NC1C(=O)O. The molecular formula is C13H15NO4. The Morgan fingerprint density at radius 2 is 2.22 bits per heavy atom. The lowest BCUT2D eigenvalue weighted by Crippen LogP contribution is -2.36. The molecule has 1 saturated heterocycles. The Hall–Kier alpha value is -2.04. The molecule has 0 aliphatic carbocycles. The molecule has 5 nitrogen and oxygen atoms in total. The number of rotatable bonds is 4. The van der Waals surface area contributed by atoms with E-state index in [9.17, 15) is 9.59 Å². The Kier molecular flexibility index (Phi) is 3.50. The summed E-state index contributed by atoms with van der Waals surface area (Å²) in [5.41, 5.74) is 0.769. The summed E-state index contributed by atoms with van der Waals surface area (Å²) in [6.45, 7) is 2.37. The molecule has 0 aromatic heterocycles. The molecule has 1 fully saturated rings. The lowest BCUT2D eigenvalue weighted by molar-refractivity contribution is -0.140. The first-order valence-electron chi connectivity index (χ1n) is 5.87. The van der Waals surface area contributed by atoms with Crippen molar-refractivity contribution in [3.05, 3.63) is 29.8 Å². The van der Waals surface area contributed by atoms with E-state index in [1.54, 1.807) is 6.07 Å². The molecule has 1 amide bonds. The van der Waals surface area contributed by atoms with Crippen molar-refractivity contribution >= 4 is 11.9 Å². The molecule has 0 radical (unpaired) electrons. The first kappa shape index (κ1) is 12.4. The topological polar surface area (TPSA) is 75.6 Å². The molecule has 0 saturated carbocycles. The number of para-hydroxylation sites is 1. The highest BCUT2D eigenvalue weighted by Crippen LogP contribution is 2.34. The second-order valence-electron chi connectivity index (χ2n) is 4.16. The minimum atomic E-state index is -1.02. The van der Waals surface area contributed by atoms with Gasteiger partial charge in [-0.3, -0.25) is 4.79 Å². The van der Waals surface area contributed by atoms with E-state index in [-0.39, 0.29) is 18.2 Å². The summed E-state index contributed by atoms with van der Waals surface area (Å²) in [7, 11) is 0. The molecule has 2 N–H and O–H groups in total. The molecule has 1 heterocycles. The molecule has 1 aromatic rings. The van der Waals surface area contributed by atoms with Crippen molar-refractivity contribution in [2.24, 2.45) is 0 Å². The average Bonchev–Trinajstić information content (AvgIpc) is 2.72. The van der Waals surface area contributed by atoms with Crippen molar-refractivity contribution in [2.45, 2.75) is 25.3 Å². The van der Waals surface area contributed by atoms with Gasteiger partial charge in [-0.1, -0.05) is 18.2 Å². The smallest absolute Gasteiger partial charge is 0.326 e. The van der Waals surface area contributed by atoms with Gasteiger partial charge in [0.05, 0.1) is 6.61 Å². The van der Waals surface area contributed by atoms with Crippen LogP contribution in [0.15, 0.2) is 24.3 Å². The molecule has 96 valence electrons. The summed E-state index contributed by atoms with van der Waals surface area (Å²) in [5.74, 6) is -0.985. The highest BCUT2D eigenvalue weighted by molar-refractivity contribution is 5.89. The van der Waals surface area contributed by atoms with E-state index in [4.69, 9.17) is 9.84 Å². The molecule has 1 aliphatic rings. The number of carboxylic acid groups (broad SMARTS) is 1. The number of amides is 1. The van der Waals surface area contributed by atoms with Crippen molar-refractivity contribution in [3.8, 4) is 5.75 Å². The fourth-order valence-electron chi connectivity index (χ4n) is 2.25. The Balaban J connectivity index is 2.35. The zero-order valence-electron chi connectivity index (χ0n) is 10.1. The number of carbonyl (C=O) groups is 2. The molecule has 18 heavy (non-hydrogen) atoms. The number of carboxylic acids is 1. The minimum Gasteiger partial charge on any atom is -0.494 e. The predicted molar refractivity (Wildman–Crippen MR) is 64.5 cm³/mol. The van der Waals surface area contributed by atoms with Gasteiger partial charge >= 0.3 is 5.97 Å². The summed E-state index contributed by atoms with van der Waals surface area (Å²) >= 11 is 0. The number of hydrogen-bond donors (Lipinski definition) is 2. The summed E-state index contributed by atoms with van der Waals surface area (Å²) in [6, 6.07) is 6.37. The number of benzene rings is 1. The van der Waals surface area contributed by atoms with Crippen molar-refractivity contribution in [1.82, 2.24) is 5.32 Å². The van der Waals surface area contributed by atoms with Crippen LogP contribution in [0.3, 0.4) is 0 Å². The second kappa shape index (κ2) is 5.08. The van der Waals surface area contributed by atoms with E-state index in [0.29, 0.717) is 12.4 Å². The van der Waals surface area contributed by atoms with Gasteiger partial charge in [-0.2, -0.15) is 0 Å². The van der Waals surface area contributed by atoms with Crippen LogP contribution in [0.1, 0.15) is 24.8 Å². The van der Waals surface area contributed by atoms with E-state index in [1.807, 2.05) is 25.1 Å². The highest BCUT2D eigenvalue weighted by Gasteiger charge is 2.39. The molecule has 5 heteroatoms. The summed E-state index contributed by atoms with van der Waals surface area (Å²) in [4.78, 5) is 22.5. The van der Waals surface area contributed by atoms with Crippen LogP contribution in [0.4, 0.5) is 0 Å². The number of carbonyl (C=O) groups excluding carboxylic acids is 1. The van der Waals surface area contributed by atoms with Gasteiger partial charge in [0, 0.05) is 17.9 Å². The van der Waals surface area contributed by atoms with Crippen molar-refractivity contribution < 1.29 is 19.4 Å². The highest BCUT2D eigenvalue weighted by atomic mass is 16.5. The fraction of sp³-hybridized carbons (Fsp3) is 0.385. The van der Waals surface area contributed by atoms with Crippen LogP contribution in [0.2, 0.25) is 0 Å². The van der Waals surface area contributed by atoms with E-state index < -0.39 is 12.0 Å². The molecule has 1 aromatic carbocycles. The Morgan fingerprint density at radius 3 is 2.89 bits per heavy atom. The summed E-state index contributed by atoms with van der Waals surface area (Å²) < 4.78 is 5.48. The second-order valence-corrected chi connectivity index (χ2v) is 4.16. The van der Waals surface area contributed by atoms with E-state index in [2.05, 4.69) is 5.32 Å². The standard InChI is InChI=1S/C13H15NO4/c1-2-18-10-6-4-3-5-8(10)9-7-11(15)14-12(9)13(16)17/h3-6,9,12H,2,7H2,1H3,(H,14,15)(H,16,17). The number of aliphatic carboxylic acids is 1. The average molecular weight is 249 g/mol. The van der Waals surface area contributed by atoms with Crippen LogP contribution in [0.5, 0.6) is 5.75 Å². The first-order valence-corrected chi connectivity index (χ1v) is 5.87. The van der Waals surface area contributed by atoms with E-state index in [0.717, 1.165) is 5.56 Å². The van der Waals surface area contributed by atoms with Crippen LogP contribution >= 0.6 is 0 Å². The minimum absolute atomic E-state index is 0.182. The van der Waals surface area contributed by atoms with Gasteiger partial charge in [-0.05, 0) is 13.0 Å². The van der Waals surface area contributed by atoms with E-state index in [1.165, 1.54) is 0 Å². The Labute approximate surface area is 105 Å². The lowest BCUT2D eigenvalue weighted by Gasteiger charge is -2.18. The monoisotopic (exact) mass is 249 g/mol. The maximum Gasteiger partial charge on any atom is 0.326 e. The zero-order chi connectivity index (χ0) is 13.1. The number of ether oxygens (including phenoxy) is 1. The van der Waals surface area contributed by atoms with E-state index >= 15 is 0 Å². The van der Waals surface area contributed by atoms with Crippen LogP contribution in [0.25, 0.3) is 0 Å². The maximum absolute atomic E-state index is 11.4. The number of nitrogens with one attached hydrogen (secondary N) is 1. The van der Waals surface area contributed by atoms with Crippen molar-refractivity contribution in [2.75, 3.05) is 6.61 Å². The van der Waals surface area contributed by atoms with Crippen molar-refractivity contribution in [1.29, 1.82) is 0 Å². The third-order valence-electron chi connectivity index (χ3n) is 3.01. The van der Waals surface area contributed by atoms with Crippen LogP contribution in [-0.2, 0) is 9.59 Å². The van der Waals surface area contributed by atoms with Crippen LogP contribution in [-0.4, -0.2) is 29.6 Å². The Bertz CT molecular complexity index is 472. The van der Waals surface area contributed by atoms with Gasteiger partial charge in [0.1, 0.15) is 11.8 Å². The van der Waals surface area contributed by atoms with Gasteiger partial charge in [0.15, 0.2) is 0 Å². The predicted octanol–water partition coefficient (Wildman–Crippen LogP) is 1.14. The largest absolute Gasteiger partial charge is 0.494 e. The number of hydrogen-bond acceptors (Lipinski definition) is 3. The quantitative estimate of drug-likeness (QED) is 0.839.